The van der Waals surface area contributed by atoms with Gasteiger partial charge in [-0.2, -0.15) is 0 Å². The molecule has 0 radical (unpaired) electrons. The van der Waals surface area contributed by atoms with Crippen molar-refractivity contribution in [3.05, 3.63) is 65.9 Å². The van der Waals surface area contributed by atoms with Crippen LogP contribution in [0.25, 0.3) is 6.08 Å². The summed E-state index contributed by atoms with van der Waals surface area (Å²) in [5.74, 6) is 1.07. The Morgan fingerprint density at radius 2 is 1.90 bits per heavy atom. The lowest BCUT2D eigenvalue weighted by atomic mass is 10.1. The van der Waals surface area contributed by atoms with Gasteiger partial charge in [0.1, 0.15) is 0 Å². The van der Waals surface area contributed by atoms with Crippen molar-refractivity contribution >= 4 is 17.7 Å². The largest absolute Gasteiger partial charge is 0.454 e. The van der Waals surface area contributed by atoms with Gasteiger partial charge >= 0.3 is 0 Å². The minimum Gasteiger partial charge on any atom is -0.454 e. The Morgan fingerprint density at radius 1 is 1.19 bits per heavy atom. The molecule has 1 aliphatic rings. The quantitative estimate of drug-likeness (QED) is 0.875. The first kappa shape index (κ1) is 13.0. The van der Waals surface area contributed by atoms with Crippen LogP contribution in [0.15, 0.2) is 54.8 Å². The fourth-order valence-electron chi connectivity index (χ4n) is 2.08. The zero-order valence-electron chi connectivity index (χ0n) is 11.3. The molecule has 0 unspecified atom stereocenters. The van der Waals surface area contributed by atoms with E-state index in [0.717, 1.165) is 5.56 Å². The van der Waals surface area contributed by atoms with Crippen LogP contribution >= 0.6 is 0 Å². The number of hydrogen-bond acceptors (Lipinski definition) is 3. The Labute approximate surface area is 122 Å². The molecule has 0 aromatic heterocycles. The standard InChI is InChI=1S/C17H13NO3/c1-2-6-13-9-15-16(21-11-20-15)10-14(13)18-17(19)12-7-4-3-5-8-12/h3-10H,1,11H2,(H,18,19). The molecule has 1 aliphatic heterocycles. The second kappa shape index (κ2) is 5.57. The third kappa shape index (κ3) is 2.66. The molecule has 1 heterocycles. The zero-order chi connectivity index (χ0) is 14.7. The van der Waals surface area contributed by atoms with Crippen molar-refractivity contribution in [3.63, 3.8) is 0 Å². The van der Waals surface area contributed by atoms with Crippen LogP contribution in [-0.4, -0.2) is 12.7 Å². The van der Waals surface area contributed by atoms with Gasteiger partial charge in [0.05, 0.1) is 5.69 Å². The summed E-state index contributed by atoms with van der Waals surface area (Å²) in [6.45, 7) is 3.75. The number of benzene rings is 2. The van der Waals surface area contributed by atoms with Crippen LogP contribution < -0.4 is 14.8 Å². The van der Waals surface area contributed by atoms with Crippen molar-refractivity contribution in [2.45, 2.75) is 0 Å². The number of amides is 1. The molecule has 0 spiro atoms. The molecule has 4 heteroatoms. The van der Waals surface area contributed by atoms with E-state index in [2.05, 4.69) is 17.6 Å². The van der Waals surface area contributed by atoms with Crippen LogP contribution in [0.4, 0.5) is 5.69 Å². The number of carbonyl (C=O) groups is 1. The molecule has 1 amide bonds. The Morgan fingerprint density at radius 3 is 2.62 bits per heavy atom. The molecule has 0 aliphatic carbocycles. The number of rotatable bonds is 3. The molecule has 3 rings (SSSR count). The average molecular weight is 279 g/mol. The summed E-state index contributed by atoms with van der Waals surface area (Å²) in [5.41, 5.74) is 4.68. The molecule has 2 aromatic carbocycles. The lowest BCUT2D eigenvalue weighted by Gasteiger charge is -2.09. The van der Waals surface area contributed by atoms with Crippen molar-refractivity contribution in [2.24, 2.45) is 0 Å². The number of ether oxygens (including phenoxy) is 2. The molecule has 2 aromatic rings. The van der Waals surface area contributed by atoms with Gasteiger partial charge in [-0.05, 0) is 24.3 Å². The van der Waals surface area contributed by atoms with Gasteiger partial charge in [-0.1, -0.05) is 24.8 Å². The molecule has 0 bridgehead atoms. The summed E-state index contributed by atoms with van der Waals surface area (Å²) in [7, 11) is 0. The van der Waals surface area contributed by atoms with E-state index in [4.69, 9.17) is 9.47 Å². The molecule has 104 valence electrons. The molecular weight excluding hydrogens is 266 g/mol. The maximum Gasteiger partial charge on any atom is 0.255 e. The Bertz CT molecular complexity index is 731. The maximum atomic E-state index is 12.2. The van der Waals surface area contributed by atoms with E-state index in [9.17, 15) is 4.79 Å². The fourth-order valence-corrected chi connectivity index (χ4v) is 2.08. The molecule has 21 heavy (non-hydrogen) atoms. The first-order chi connectivity index (χ1) is 10.3. The highest BCUT2D eigenvalue weighted by Gasteiger charge is 2.17. The molecule has 0 fully saturated rings. The van der Waals surface area contributed by atoms with Gasteiger partial charge in [0, 0.05) is 17.2 Å². The minimum absolute atomic E-state index is 0.183. The van der Waals surface area contributed by atoms with E-state index < -0.39 is 0 Å². The van der Waals surface area contributed by atoms with E-state index in [0.29, 0.717) is 22.7 Å². The Kier molecular flexibility index (Phi) is 3.46. The number of hydrogen-bond donors (Lipinski definition) is 1. The van der Waals surface area contributed by atoms with Gasteiger partial charge in [0.25, 0.3) is 5.91 Å². The topological polar surface area (TPSA) is 47.6 Å². The second-order valence-corrected chi connectivity index (χ2v) is 4.46. The number of carbonyl (C=O) groups excluding carboxylic acids is 1. The summed E-state index contributed by atoms with van der Waals surface area (Å²) in [6.07, 6.45) is 1.68. The van der Waals surface area contributed by atoms with Gasteiger partial charge in [0.15, 0.2) is 11.5 Å². The Balaban J connectivity index is 1.94. The molecule has 0 saturated heterocycles. The third-order valence-corrected chi connectivity index (χ3v) is 3.09. The van der Waals surface area contributed by atoms with Gasteiger partial charge < -0.3 is 14.8 Å². The van der Waals surface area contributed by atoms with Crippen molar-refractivity contribution in [1.29, 1.82) is 0 Å². The van der Waals surface area contributed by atoms with Crippen LogP contribution in [0.2, 0.25) is 0 Å². The van der Waals surface area contributed by atoms with Gasteiger partial charge in [0.2, 0.25) is 6.79 Å². The SMILES string of the molecule is C=C=Cc1cc2c(cc1NC(=O)c1ccccc1)OCO2. The van der Waals surface area contributed by atoms with E-state index in [1.165, 1.54) is 0 Å². The maximum absolute atomic E-state index is 12.2. The highest BCUT2D eigenvalue weighted by atomic mass is 16.7. The summed E-state index contributed by atoms with van der Waals surface area (Å²) in [6, 6.07) is 12.5. The van der Waals surface area contributed by atoms with Gasteiger partial charge in [-0.3, -0.25) is 4.79 Å². The van der Waals surface area contributed by atoms with E-state index in [1.54, 1.807) is 30.3 Å². The molecular formula is C17H13NO3. The first-order valence-electron chi connectivity index (χ1n) is 6.44. The summed E-state index contributed by atoms with van der Waals surface area (Å²) in [4.78, 5) is 12.2. The van der Waals surface area contributed by atoms with Crippen LogP contribution in [-0.2, 0) is 0 Å². The Hall–Kier alpha value is -2.97. The highest BCUT2D eigenvalue weighted by molar-refractivity contribution is 6.05. The minimum atomic E-state index is -0.187. The number of nitrogens with one attached hydrogen (secondary N) is 1. The fraction of sp³-hybridized carbons (Fsp3) is 0.0588. The van der Waals surface area contributed by atoms with E-state index in [-0.39, 0.29) is 12.7 Å². The van der Waals surface area contributed by atoms with Crippen LogP contribution in [0.1, 0.15) is 15.9 Å². The summed E-state index contributed by atoms with van der Waals surface area (Å²) < 4.78 is 10.7. The molecule has 0 saturated carbocycles. The van der Waals surface area contributed by atoms with Crippen molar-refractivity contribution in [3.8, 4) is 11.5 Å². The predicted molar refractivity (Wildman–Crippen MR) is 80.6 cm³/mol. The van der Waals surface area contributed by atoms with Crippen molar-refractivity contribution < 1.29 is 14.3 Å². The van der Waals surface area contributed by atoms with E-state index >= 15 is 0 Å². The summed E-state index contributed by atoms with van der Waals surface area (Å²) >= 11 is 0. The number of fused-ring (bicyclic) bond motifs is 1. The lowest BCUT2D eigenvalue weighted by Crippen LogP contribution is -2.12. The normalized spacial score (nSPS) is 11.6. The third-order valence-electron chi connectivity index (χ3n) is 3.09. The first-order valence-corrected chi connectivity index (χ1v) is 6.44. The number of anilines is 1. The summed E-state index contributed by atoms with van der Waals surface area (Å²) in [5, 5.41) is 2.87. The molecule has 4 nitrogen and oxygen atoms in total. The van der Waals surface area contributed by atoms with Crippen LogP contribution in [0.3, 0.4) is 0 Å². The molecule has 0 atom stereocenters. The van der Waals surface area contributed by atoms with Crippen molar-refractivity contribution in [1.82, 2.24) is 0 Å². The lowest BCUT2D eigenvalue weighted by molar-refractivity contribution is 0.102. The van der Waals surface area contributed by atoms with Crippen molar-refractivity contribution in [2.75, 3.05) is 12.1 Å². The smallest absolute Gasteiger partial charge is 0.255 e. The van der Waals surface area contributed by atoms with Gasteiger partial charge in [-0.15, -0.1) is 5.73 Å². The molecule has 1 N–H and O–H groups in total. The highest BCUT2D eigenvalue weighted by Crippen LogP contribution is 2.37. The average Bonchev–Trinajstić information content (AvgIpc) is 2.96. The van der Waals surface area contributed by atoms with Crippen LogP contribution in [0.5, 0.6) is 11.5 Å². The predicted octanol–water partition coefficient (Wildman–Crippen LogP) is 3.47. The van der Waals surface area contributed by atoms with Gasteiger partial charge in [-0.25, -0.2) is 0 Å². The zero-order valence-corrected chi connectivity index (χ0v) is 11.3. The van der Waals surface area contributed by atoms with E-state index in [1.807, 2.05) is 18.2 Å². The van der Waals surface area contributed by atoms with Crippen LogP contribution in [0, 0.1) is 0 Å². The monoisotopic (exact) mass is 279 g/mol. The second-order valence-electron chi connectivity index (χ2n) is 4.46.